The van der Waals surface area contributed by atoms with Crippen molar-refractivity contribution in [3.63, 3.8) is 0 Å². The lowest BCUT2D eigenvalue weighted by Crippen LogP contribution is -2.48. The molecule has 2 aliphatic rings. The molecule has 0 aliphatic carbocycles. The fourth-order valence-corrected chi connectivity index (χ4v) is 2.30. The van der Waals surface area contributed by atoms with Crippen molar-refractivity contribution in [3.8, 4) is 0 Å². The van der Waals surface area contributed by atoms with Crippen molar-refractivity contribution in [3.05, 3.63) is 0 Å². The Bertz CT molecular complexity index is 364. The van der Waals surface area contributed by atoms with E-state index in [4.69, 9.17) is 0 Å². The number of amides is 3. The fourth-order valence-electron chi connectivity index (χ4n) is 2.30. The van der Waals surface area contributed by atoms with Crippen LogP contribution in [0.2, 0.25) is 0 Å². The van der Waals surface area contributed by atoms with E-state index in [1.54, 1.807) is 4.90 Å². The van der Waals surface area contributed by atoms with Crippen LogP contribution in [0.3, 0.4) is 0 Å². The molecule has 2 rings (SSSR count). The molecule has 0 aromatic rings. The van der Waals surface area contributed by atoms with Gasteiger partial charge < -0.3 is 20.4 Å². The standard InChI is InChI=1S/C12H20N4O3/c17-10-9-16(7-2-4-14-10)12(19)11(18)15-6-1-3-13-5-8-15/h13H,1-9H2,(H,14,17). The van der Waals surface area contributed by atoms with Gasteiger partial charge in [0.05, 0.1) is 6.54 Å². The monoisotopic (exact) mass is 268 g/mol. The molecule has 2 N–H and O–H groups in total. The molecule has 3 amide bonds. The number of rotatable bonds is 0. The van der Waals surface area contributed by atoms with Crippen LogP contribution in [-0.4, -0.2) is 73.3 Å². The molecule has 7 heteroatoms. The van der Waals surface area contributed by atoms with Crippen molar-refractivity contribution in [2.75, 3.05) is 45.8 Å². The zero-order valence-corrected chi connectivity index (χ0v) is 11.0. The van der Waals surface area contributed by atoms with Crippen LogP contribution in [0.5, 0.6) is 0 Å². The van der Waals surface area contributed by atoms with E-state index < -0.39 is 11.8 Å². The topological polar surface area (TPSA) is 81.8 Å². The zero-order chi connectivity index (χ0) is 13.7. The number of nitrogens with one attached hydrogen (secondary N) is 2. The van der Waals surface area contributed by atoms with E-state index in [1.807, 2.05) is 0 Å². The number of nitrogens with zero attached hydrogens (tertiary/aromatic N) is 2. The van der Waals surface area contributed by atoms with Crippen LogP contribution in [0.15, 0.2) is 0 Å². The van der Waals surface area contributed by atoms with Crippen molar-refractivity contribution < 1.29 is 14.4 Å². The van der Waals surface area contributed by atoms with Crippen molar-refractivity contribution in [1.29, 1.82) is 0 Å². The number of carbonyl (C=O) groups is 3. The third kappa shape index (κ3) is 3.66. The van der Waals surface area contributed by atoms with Crippen LogP contribution >= 0.6 is 0 Å². The summed E-state index contributed by atoms with van der Waals surface area (Å²) in [6, 6.07) is 0. The lowest BCUT2D eigenvalue weighted by Gasteiger charge is -2.24. The van der Waals surface area contributed by atoms with E-state index in [9.17, 15) is 14.4 Å². The highest BCUT2D eigenvalue weighted by atomic mass is 16.2. The summed E-state index contributed by atoms with van der Waals surface area (Å²) in [4.78, 5) is 38.6. The average Bonchev–Trinajstić information content (AvgIpc) is 2.79. The Hall–Kier alpha value is -1.63. The molecule has 0 spiro atoms. The second-order valence-corrected chi connectivity index (χ2v) is 4.83. The second-order valence-electron chi connectivity index (χ2n) is 4.83. The third-order valence-electron chi connectivity index (χ3n) is 3.36. The maximum atomic E-state index is 12.1. The van der Waals surface area contributed by atoms with E-state index in [1.165, 1.54) is 4.90 Å². The summed E-state index contributed by atoms with van der Waals surface area (Å²) in [5, 5.41) is 5.87. The van der Waals surface area contributed by atoms with Gasteiger partial charge in [-0.3, -0.25) is 14.4 Å². The van der Waals surface area contributed by atoms with Gasteiger partial charge in [-0.2, -0.15) is 0 Å². The van der Waals surface area contributed by atoms with Gasteiger partial charge in [0, 0.05) is 32.7 Å². The van der Waals surface area contributed by atoms with Gasteiger partial charge in [0.1, 0.15) is 0 Å². The first kappa shape index (κ1) is 13.8. The third-order valence-corrected chi connectivity index (χ3v) is 3.36. The van der Waals surface area contributed by atoms with Gasteiger partial charge in [0.15, 0.2) is 0 Å². The predicted molar refractivity (Wildman–Crippen MR) is 68.3 cm³/mol. The molecular formula is C12H20N4O3. The van der Waals surface area contributed by atoms with Crippen molar-refractivity contribution in [2.45, 2.75) is 12.8 Å². The molecule has 2 heterocycles. The summed E-state index contributed by atoms with van der Waals surface area (Å²) < 4.78 is 0. The highest BCUT2D eigenvalue weighted by molar-refractivity contribution is 6.35. The summed E-state index contributed by atoms with van der Waals surface area (Å²) in [6.45, 7) is 3.71. The molecule has 0 aromatic carbocycles. The molecule has 0 aromatic heterocycles. The quantitative estimate of drug-likeness (QED) is 0.506. The Morgan fingerprint density at radius 1 is 0.895 bits per heavy atom. The smallest absolute Gasteiger partial charge is 0.312 e. The van der Waals surface area contributed by atoms with Crippen molar-refractivity contribution in [2.24, 2.45) is 0 Å². The first-order valence-electron chi connectivity index (χ1n) is 6.74. The number of carbonyl (C=O) groups excluding carboxylic acids is 3. The Morgan fingerprint density at radius 2 is 1.58 bits per heavy atom. The fraction of sp³-hybridized carbons (Fsp3) is 0.750. The lowest BCUT2D eigenvalue weighted by molar-refractivity contribution is -0.152. The minimum Gasteiger partial charge on any atom is -0.354 e. The van der Waals surface area contributed by atoms with Gasteiger partial charge in [-0.05, 0) is 19.4 Å². The maximum absolute atomic E-state index is 12.1. The molecule has 0 saturated carbocycles. The molecule has 106 valence electrons. The van der Waals surface area contributed by atoms with Gasteiger partial charge in [0.2, 0.25) is 5.91 Å². The summed E-state index contributed by atoms with van der Waals surface area (Å²) in [5.41, 5.74) is 0. The SMILES string of the molecule is O=C1CN(C(=O)C(=O)N2CCCNCC2)CCCN1. The zero-order valence-electron chi connectivity index (χ0n) is 11.0. The van der Waals surface area contributed by atoms with Crippen LogP contribution in [0.1, 0.15) is 12.8 Å². The minimum absolute atomic E-state index is 0.0172. The minimum atomic E-state index is -0.557. The molecule has 0 unspecified atom stereocenters. The van der Waals surface area contributed by atoms with E-state index in [-0.39, 0.29) is 12.5 Å². The average molecular weight is 268 g/mol. The van der Waals surface area contributed by atoms with E-state index in [0.29, 0.717) is 39.1 Å². The summed E-state index contributed by atoms with van der Waals surface area (Å²) >= 11 is 0. The number of hydrogen-bond donors (Lipinski definition) is 2. The highest BCUT2D eigenvalue weighted by Gasteiger charge is 2.29. The van der Waals surface area contributed by atoms with Crippen LogP contribution in [0.25, 0.3) is 0 Å². The van der Waals surface area contributed by atoms with Crippen LogP contribution in [-0.2, 0) is 14.4 Å². The van der Waals surface area contributed by atoms with Gasteiger partial charge in [-0.25, -0.2) is 0 Å². The van der Waals surface area contributed by atoms with Crippen molar-refractivity contribution >= 4 is 17.7 Å². The summed E-state index contributed by atoms with van der Waals surface area (Å²) in [6.07, 6.45) is 1.53. The Morgan fingerprint density at radius 3 is 2.42 bits per heavy atom. The predicted octanol–water partition coefficient (Wildman–Crippen LogP) is -1.84. The summed E-state index contributed by atoms with van der Waals surface area (Å²) in [5.74, 6) is -1.24. The van der Waals surface area contributed by atoms with Gasteiger partial charge >= 0.3 is 11.8 Å². The largest absolute Gasteiger partial charge is 0.354 e. The molecule has 19 heavy (non-hydrogen) atoms. The normalized spacial score (nSPS) is 21.4. The Labute approximate surface area is 112 Å². The maximum Gasteiger partial charge on any atom is 0.312 e. The van der Waals surface area contributed by atoms with E-state index in [2.05, 4.69) is 10.6 Å². The number of hydrogen-bond acceptors (Lipinski definition) is 4. The van der Waals surface area contributed by atoms with E-state index >= 15 is 0 Å². The Kier molecular flexibility index (Phi) is 4.73. The Balaban J connectivity index is 1.96. The first-order chi connectivity index (χ1) is 9.18. The molecule has 2 aliphatic heterocycles. The van der Waals surface area contributed by atoms with Crippen LogP contribution in [0.4, 0.5) is 0 Å². The molecule has 0 atom stereocenters. The molecule has 2 fully saturated rings. The summed E-state index contributed by atoms with van der Waals surface area (Å²) in [7, 11) is 0. The van der Waals surface area contributed by atoms with Gasteiger partial charge in [-0.15, -0.1) is 0 Å². The second kappa shape index (κ2) is 6.51. The molecule has 7 nitrogen and oxygen atoms in total. The molecule has 0 bridgehead atoms. The van der Waals surface area contributed by atoms with Gasteiger partial charge in [0.25, 0.3) is 0 Å². The molecule has 0 radical (unpaired) electrons. The van der Waals surface area contributed by atoms with E-state index in [0.717, 1.165) is 13.0 Å². The van der Waals surface area contributed by atoms with Gasteiger partial charge in [-0.1, -0.05) is 0 Å². The van der Waals surface area contributed by atoms with Crippen LogP contribution < -0.4 is 10.6 Å². The highest BCUT2D eigenvalue weighted by Crippen LogP contribution is 2.03. The molecule has 2 saturated heterocycles. The first-order valence-corrected chi connectivity index (χ1v) is 6.74. The lowest BCUT2D eigenvalue weighted by atomic mass is 10.3. The van der Waals surface area contributed by atoms with Crippen LogP contribution in [0, 0.1) is 0 Å². The molecular weight excluding hydrogens is 248 g/mol. The van der Waals surface area contributed by atoms with Crippen molar-refractivity contribution in [1.82, 2.24) is 20.4 Å².